The Morgan fingerprint density at radius 2 is 1.97 bits per heavy atom. The molecule has 0 saturated carbocycles. The van der Waals surface area contributed by atoms with Crippen LogP contribution in [0.3, 0.4) is 0 Å². The van der Waals surface area contributed by atoms with Crippen LogP contribution in [-0.2, 0) is 0 Å². The van der Waals surface area contributed by atoms with E-state index in [-0.39, 0.29) is 34.3 Å². The maximum Gasteiger partial charge on any atom is 0.271 e. The van der Waals surface area contributed by atoms with Gasteiger partial charge in [-0.25, -0.2) is 9.37 Å². The number of nitrogens with one attached hydrogen (secondary N) is 1. The molecule has 10 heteroatoms. The first-order chi connectivity index (χ1) is 13.9. The van der Waals surface area contributed by atoms with Crippen molar-refractivity contribution < 1.29 is 9.31 Å². The van der Waals surface area contributed by atoms with E-state index < -0.39 is 10.7 Å². The van der Waals surface area contributed by atoms with Gasteiger partial charge in [-0.2, -0.15) is 5.26 Å². The molecule has 0 bridgehead atoms. The Morgan fingerprint density at radius 3 is 2.62 bits per heavy atom. The number of halogens is 1. The number of anilines is 3. The lowest BCUT2D eigenvalue weighted by Crippen LogP contribution is -2.03. The number of non-ortho nitro benzene ring substituents is 1. The minimum Gasteiger partial charge on any atom is -0.383 e. The zero-order valence-electron chi connectivity index (χ0n) is 15.1. The minimum absolute atomic E-state index is 0.00362. The van der Waals surface area contributed by atoms with Gasteiger partial charge >= 0.3 is 0 Å². The summed E-state index contributed by atoms with van der Waals surface area (Å²) in [6.07, 6.45) is 0. The summed E-state index contributed by atoms with van der Waals surface area (Å²) < 4.78 is 14.0. The van der Waals surface area contributed by atoms with Crippen LogP contribution in [0.1, 0.15) is 11.1 Å². The molecule has 0 saturated heterocycles. The summed E-state index contributed by atoms with van der Waals surface area (Å²) in [5.41, 5.74) is 6.54. The van der Waals surface area contributed by atoms with E-state index in [1.165, 1.54) is 0 Å². The summed E-state index contributed by atoms with van der Waals surface area (Å²) >= 11 is 0. The molecular weight excluding hydrogens is 377 g/mol. The standard InChI is InChI=1S/C19H14FN7O2/c1-11-14(10-21)18(22)24-19(23-12-5-3-2-4-6-12)17(11)26-25-16-9-13(27(28)29)7-8-15(16)20/h2-9H,1H3,(H3,22,23,24)/b26-25+. The Kier molecular flexibility index (Phi) is 5.41. The molecule has 29 heavy (non-hydrogen) atoms. The Morgan fingerprint density at radius 1 is 1.24 bits per heavy atom. The zero-order valence-corrected chi connectivity index (χ0v) is 15.1. The SMILES string of the molecule is Cc1c(C#N)c(N)nc(Nc2ccccc2)c1/N=N/c1cc([N+](=O)[O-])ccc1F. The Balaban J connectivity index is 2.10. The molecule has 2 aromatic carbocycles. The summed E-state index contributed by atoms with van der Waals surface area (Å²) in [6, 6.07) is 13.9. The molecule has 1 heterocycles. The average Bonchev–Trinajstić information content (AvgIpc) is 2.69. The van der Waals surface area contributed by atoms with Gasteiger partial charge in [-0.05, 0) is 25.1 Å². The van der Waals surface area contributed by atoms with Gasteiger partial charge in [-0.1, -0.05) is 18.2 Å². The van der Waals surface area contributed by atoms with Gasteiger partial charge in [0, 0.05) is 23.4 Å². The van der Waals surface area contributed by atoms with E-state index in [2.05, 4.69) is 20.5 Å². The second-order valence-corrected chi connectivity index (χ2v) is 5.89. The molecule has 0 spiro atoms. The highest BCUT2D eigenvalue weighted by molar-refractivity contribution is 5.76. The number of pyridine rings is 1. The lowest BCUT2D eigenvalue weighted by molar-refractivity contribution is -0.384. The smallest absolute Gasteiger partial charge is 0.271 e. The van der Waals surface area contributed by atoms with Crippen molar-refractivity contribution in [1.82, 2.24) is 4.98 Å². The summed E-state index contributed by atoms with van der Waals surface area (Å²) in [5.74, 6) is -0.567. The van der Waals surface area contributed by atoms with E-state index in [1.807, 2.05) is 24.3 Å². The van der Waals surface area contributed by atoms with E-state index in [1.54, 1.807) is 19.1 Å². The van der Waals surface area contributed by atoms with Gasteiger partial charge in [0.05, 0.1) is 10.5 Å². The molecular formula is C19H14FN7O2. The van der Waals surface area contributed by atoms with Crippen molar-refractivity contribution in [3.05, 3.63) is 75.6 Å². The van der Waals surface area contributed by atoms with Crippen LogP contribution in [0, 0.1) is 34.2 Å². The van der Waals surface area contributed by atoms with Crippen LogP contribution >= 0.6 is 0 Å². The van der Waals surface area contributed by atoms with Crippen LogP contribution in [0.15, 0.2) is 58.8 Å². The van der Waals surface area contributed by atoms with E-state index in [0.29, 0.717) is 11.3 Å². The van der Waals surface area contributed by atoms with Gasteiger partial charge < -0.3 is 11.1 Å². The molecule has 0 atom stereocenters. The molecule has 0 aliphatic rings. The fraction of sp³-hybridized carbons (Fsp3) is 0.0526. The van der Waals surface area contributed by atoms with Gasteiger partial charge in [0.25, 0.3) is 5.69 Å². The number of rotatable bonds is 5. The lowest BCUT2D eigenvalue weighted by Gasteiger charge is -2.12. The maximum absolute atomic E-state index is 14.0. The third-order valence-electron chi connectivity index (χ3n) is 3.99. The van der Waals surface area contributed by atoms with Crippen molar-refractivity contribution in [1.29, 1.82) is 5.26 Å². The van der Waals surface area contributed by atoms with Crippen LogP contribution in [0.2, 0.25) is 0 Å². The fourth-order valence-corrected chi connectivity index (χ4v) is 2.52. The van der Waals surface area contributed by atoms with Crippen molar-refractivity contribution in [3.63, 3.8) is 0 Å². The van der Waals surface area contributed by atoms with Crippen LogP contribution < -0.4 is 11.1 Å². The molecule has 3 aromatic rings. The molecule has 0 amide bonds. The van der Waals surface area contributed by atoms with E-state index in [4.69, 9.17) is 5.73 Å². The molecule has 3 rings (SSSR count). The van der Waals surface area contributed by atoms with Gasteiger partial charge in [0.2, 0.25) is 0 Å². The number of para-hydroxylation sites is 1. The quantitative estimate of drug-likeness (QED) is 0.354. The van der Waals surface area contributed by atoms with Gasteiger partial charge in [-0.3, -0.25) is 10.1 Å². The van der Waals surface area contributed by atoms with E-state index in [9.17, 15) is 19.8 Å². The lowest BCUT2D eigenvalue weighted by atomic mass is 10.1. The zero-order chi connectivity index (χ0) is 21.0. The third kappa shape index (κ3) is 4.14. The van der Waals surface area contributed by atoms with Crippen molar-refractivity contribution >= 4 is 34.4 Å². The van der Waals surface area contributed by atoms with Crippen LogP contribution in [0.5, 0.6) is 0 Å². The number of aromatic nitrogens is 1. The average molecular weight is 391 g/mol. The Bertz CT molecular complexity index is 1160. The monoisotopic (exact) mass is 391 g/mol. The first-order valence-corrected chi connectivity index (χ1v) is 8.28. The Hall–Kier alpha value is -4.39. The third-order valence-corrected chi connectivity index (χ3v) is 3.99. The van der Waals surface area contributed by atoms with Gasteiger partial charge in [0.15, 0.2) is 11.6 Å². The first kappa shape index (κ1) is 19.4. The molecule has 144 valence electrons. The number of nitro benzene ring substituents is 1. The number of hydrogen-bond donors (Lipinski definition) is 2. The number of hydrogen-bond acceptors (Lipinski definition) is 8. The molecule has 0 radical (unpaired) electrons. The topological polar surface area (TPSA) is 143 Å². The van der Waals surface area contributed by atoms with E-state index in [0.717, 1.165) is 18.2 Å². The van der Waals surface area contributed by atoms with Crippen LogP contribution in [0.25, 0.3) is 0 Å². The summed E-state index contributed by atoms with van der Waals surface area (Å²) in [6.45, 7) is 1.60. The predicted molar refractivity (Wildman–Crippen MR) is 105 cm³/mol. The number of nitrogen functional groups attached to an aromatic ring is 1. The summed E-state index contributed by atoms with van der Waals surface area (Å²) in [5, 5.41) is 31.1. The highest BCUT2D eigenvalue weighted by Gasteiger charge is 2.17. The van der Waals surface area contributed by atoms with Crippen molar-refractivity contribution in [3.8, 4) is 6.07 Å². The number of azo groups is 1. The summed E-state index contributed by atoms with van der Waals surface area (Å²) in [7, 11) is 0. The summed E-state index contributed by atoms with van der Waals surface area (Å²) in [4.78, 5) is 14.4. The predicted octanol–water partition coefficient (Wildman–Crippen LogP) is 5.05. The van der Waals surface area contributed by atoms with Gasteiger partial charge in [0.1, 0.15) is 23.3 Å². The van der Waals surface area contributed by atoms with Gasteiger partial charge in [-0.15, -0.1) is 10.2 Å². The highest BCUT2D eigenvalue weighted by atomic mass is 19.1. The molecule has 0 aliphatic carbocycles. The number of nitriles is 1. The second kappa shape index (κ2) is 8.10. The van der Waals surface area contributed by atoms with Crippen molar-refractivity contribution in [2.75, 3.05) is 11.1 Å². The molecule has 0 unspecified atom stereocenters. The number of benzene rings is 2. The normalized spacial score (nSPS) is 10.7. The number of nitro groups is 1. The number of nitrogens with two attached hydrogens (primary N) is 1. The first-order valence-electron chi connectivity index (χ1n) is 8.28. The van der Waals surface area contributed by atoms with Crippen LogP contribution in [0.4, 0.5) is 38.8 Å². The van der Waals surface area contributed by atoms with Crippen molar-refractivity contribution in [2.45, 2.75) is 6.92 Å². The van der Waals surface area contributed by atoms with Crippen LogP contribution in [-0.4, -0.2) is 9.91 Å². The molecule has 0 fully saturated rings. The van der Waals surface area contributed by atoms with E-state index >= 15 is 0 Å². The largest absolute Gasteiger partial charge is 0.383 e. The minimum atomic E-state index is -0.779. The fourth-order valence-electron chi connectivity index (χ4n) is 2.52. The molecule has 0 aliphatic heterocycles. The number of nitrogens with zero attached hydrogens (tertiary/aromatic N) is 5. The maximum atomic E-state index is 14.0. The molecule has 9 nitrogen and oxygen atoms in total. The molecule has 3 N–H and O–H groups in total. The second-order valence-electron chi connectivity index (χ2n) is 5.89. The Labute approximate surface area is 164 Å². The molecule has 1 aromatic heterocycles. The highest BCUT2D eigenvalue weighted by Crippen LogP contribution is 2.36. The van der Waals surface area contributed by atoms with Crippen molar-refractivity contribution in [2.24, 2.45) is 10.2 Å².